The Balaban J connectivity index is 1.89. The molecule has 1 unspecified atom stereocenters. The lowest BCUT2D eigenvalue weighted by molar-refractivity contribution is -0.131. The van der Waals surface area contributed by atoms with Crippen LogP contribution < -0.4 is 4.74 Å². The van der Waals surface area contributed by atoms with E-state index in [1.165, 1.54) is 4.90 Å². The Morgan fingerprint density at radius 2 is 1.96 bits per heavy atom. The van der Waals surface area contributed by atoms with Crippen LogP contribution in [0.4, 0.5) is 0 Å². The molecule has 4 nitrogen and oxygen atoms in total. The molecular formula is C19H21Cl2NO3. The monoisotopic (exact) mass is 381 g/mol. The molecule has 2 aromatic carbocycles. The van der Waals surface area contributed by atoms with Crippen molar-refractivity contribution in [2.45, 2.75) is 18.9 Å². The SMILES string of the molecule is COc1cccc(C(O)CN(C)C(=O)CCc2ccc(Cl)c(Cl)c2)c1. The molecule has 2 rings (SSSR count). The van der Waals surface area contributed by atoms with E-state index < -0.39 is 6.10 Å². The van der Waals surface area contributed by atoms with Gasteiger partial charge in [-0.15, -0.1) is 0 Å². The summed E-state index contributed by atoms with van der Waals surface area (Å²) in [5.74, 6) is 0.623. The second-order valence-electron chi connectivity index (χ2n) is 5.82. The van der Waals surface area contributed by atoms with E-state index >= 15 is 0 Å². The van der Waals surface area contributed by atoms with Crippen molar-refractivity contribution in [3.63, 3.8) is 0 Å². The number of methoxy groups -OCH3 is 1. The van der Waals surface area contributed by atoms with E-state index in [0.29, 0.717) is 34.2 Å². The van der Waals surface area contributed by atoms with Gasteiger partial charge in [-0.25, -0.2) is 0 Å². The standard InChI is InChI=1S/C19H21Cl2NO3/c1-22(12-18(23)14-4-3-5-15(11-14)25-2)19(24)9-7-13-6-8-16(20)17(21)10-13/h3-6,8,10-11,18,23H,7,9,12H2,1-2H3. The molecule has 0 aromatic heterocycles. The molecule has 0 aliphatic rings. The fraction of sp³-hybridized carbons (Fsp3) is 0.316. The topological polar surface area (TPSA) is 49.8 Å². The first-order valence-corrected chi connectivity index (χ1v) is 8.66. The number of aliphatic hydroxyl groups excluding tert-OH is 1. The van der Waals surface area contributed by atoms with Crippen molar-refractivity contribution in [2.24, 2.45) is 0 Å². The van der Waals surface area contributed by atoms with Gasteiger partial charge in [0.15, 0.2) is 0 Å². The van der Waals surface area contributed by atoms with Crippen LogP contribution >= 0.6 is 23.2 Å². The second kappa shape index (κ2) is 9.09. The minimum Gasteiger partial charge on any atom is -0.497 e. The van der Waals surface area contributed by atoms with E-state index in [4.69, 9.17) is 27.9 Å². The lowest BCUT2D eigenvalue weighted by Crippen LogP contribution is -2.31. The summed E-state index contributed by atoms with van der Waals surface area (Å²) in [5, 5.41) is 11.3. The highest BCUT2D eigenvalue weighted by Gasteiger charge is 2.16. The summed E-state index contributed by atoms with van der Waals surface area (Å²) >= 11 is 11.9. The smallest absolute Gasteiger partial charge is 0.222 e. The summed E-state index contributed by atoms with van der Waals surface area (Å²) in [6.45, 7) is 0.216. The van der Waals surface area contributed by atoms with E-state index in [2.05, 4.69) is 0 Å². The van der Waals surface area contributed by atoms with Crippen molar-refractivity contribution < 1.29 is 14.6 Å². The van der Waals surface area contributed by atoms with E-state index in [-0.39, 0.29) is 12.5 Å². The lowest BCUT2D eigenvalue weighted by atomic mass is 10.1. The first-order valence-electron chi connectivity index (χ1n) is 7.90. The molecule has 25 heavy (non-hydrogen) atoms. The zero-order chi connectivity index (χ0) is 18.4. The number of rotatable bonds is 7. The molecule has 0 fully saturated rings. The predicted molar refractivity (Wildman–Crippen MR) is 100 cm³/mol. The number of carbonyl (C=O) groups excluding carboxylic acids is 1. The molecular weight excluding hydrogens is 361 g/mol. The van der Waals surface area contributed by atoms with Crippen LogP contribution in [0.1, 0.15) is 23.7 Å². The van der Waals surface area contributed by atoms with Crippen LogP contribution in [0.2, 0.25) is 10.0 Å². The van der Waals surface area contributed by atoms with Crippen LogP contribution in [-0.4, -0.2) is 36.6 Å². The first-order chi connectivity index (χ1) is 11.9. The molecule has 0 saturated heterocycles. The molecule has 2 aromatic rings. The van der Waals surface area contributed by atoms with Gasteiger partial charge in [-0.05, 0) is 41.8 Å². The van der Waals surface area contributed by atoms with E-state index in [0.717, 1.165) is 5.56 Å². The molecule has 0 bridgehead atoms. The number of hydrogen-bond acceptors (Lipinski definition) is 3. The summed E-state index contributed by atoms with van der Waals surface area (Å²) in [4.78, 5) is 13.8. The van der Waals surface area contributed by atoms with Crippen LogP contribution in [0.5, 0.6) is 5.75 Å². The normalized spacial score (nSPS) is 11.9. The van der Waals surface area contributed by atoms with Crippen molar-refractivity contribution in [3.8, 4) is 5.75 Å². The molecule has 0 spiro atoms. The molecule has 0 saturated carbocycles. The lowest BCUT2D eigenvalue weighted by Gasteiger charge is -2.21. The number of ether oxygens (including phenoxy) is 1. The molecule has 134 valence electrons. The number of benzene rings is 2. The molecule has 0 aliphatic carbocycles. The molecule has 1 N–H and O–H groups in total. The predicted octanol–water partition coefficient (Wildman–Crippen LogP) is 4.13. The highest BCUT2D eigenvalue weighted by Crippen LogP contribution is 2.23. The van der Waals surface area contributed by atoms with Gasteiger partial charge >= 0.3 is 0 Å². The number of likely N-dealkylation sites (N-methyl/N-ethyl adjacent to an activating group) is 1. The van der Waals surface area contributed by atoms with Crippen molar-refractivity contribution >= 4 is 29.1 Å². The molecule has 1 amide bonds. The summed E-state index contributed by atoms with van der Waals surface area (Å²) in [6.07, 6.45) is 0.128. The van der Waals surface area contributed by atoms with Gasteiger partial charge in [-0.1, -0.05) is 41.4 Å². The average molecular weight is 382 g/mol. The minimum absolute atomic E-state index is 0.0481. The van der Waals surface area contributed by atoms with Crippen molar-refractivity contribution in [1.29, 1.82) is 0 Å². The quantitative estimate of drug-likeness (QED) is 0.784. The Bertz CT molecular complexity index is 736. The van der Waals surface area contributed by atoms with E-state index in [1.54, 1.807) is 38.4 Å². The highest BCUT2D eigenvalue weighted by molar-refractivity contribution is 6.42. The number of nitrogens with zero attached hydrogens (tertiary/aromatic N) is 1. The molecule has 6 heteroatoms. The highest BCUT2D eigenvalue weighted by atomic mass is 35.5. The van der Waals surface area contributed by atoms with E-state index in [9.17, 15) is 9.90 Å². The van der Waals surface area contributed by atoms with Gasteiger partial charge < -0.3 is 14.7 Å². The Morgan fingerprint density at radius 1 is 1.20 bits per heavy atom. The summed E-state index contributed by atoms with van der Waals surface area (Å²) in [7, 11) is 3.25. The van der Waals surface area contributed by atoms with Crippen molar-refractivity contribution in [1.82, 2.24) is 4.90 Å². The van der Waals surface area contributed by atoms with Gasteiger partial charge in [0.05, 0.1) is 29.8 Å². The number of aliphatic hydroxyl groups is 1. The number of amides is 1. The zero-order valence-corrected chi connectivity index (χ0v) is 15.7. The summed E-state index contributed by atoms with van der Waals surface area (Å²) in [5.41, 5.74) is 1.66. The fourth-order valence-corrected chi connectivity index (χ4v) is 2.77. The minimum atomic E-state index is -0.769. The van der Waals surface area contributed by atoms with Gasteiger partial charge in [0.1, 0.15) is 5.75 Å². The third kappa shape index (κ3) is 5.63. The maximum absolute atomic E-state index is 12.3. The Hall–Kier alpha value is -1.75. The van der Waals surface area contributed by atoms with Gasteiger partial charge in [0.2, 0.25) is 5.91 Å². The largest absolute Gasteiger partial charge is 0.497 e. The third-order valence-corrected chi connectivity index (χ3v) is 4.70. The maximum Gasteiger partial charge on any atom is 0.222 e. The van der Waals surface area contributed by atoms with Crippen molar-refractivity contribution in [2.75, 3.05) is 20.7 Å². The number of hydrogen-bond donors (Lipinski definition) is 1. The Morgan fingerprint density at radius 3 is 2.64 bits per heavy atom. The first kappa shape index (κ1) is 19.6. The Labute approximate surface area is 157 Å². The fourth-order valence-electron chi connectivity index (χ4n) is 2.45. The van der Waals surface area contributed by atoms with Crippen LogP contribution in [0.3, 0.4) is 0 Å². The number of aryl methyl sites for hydroxylation is 1. The van der Waals surface area contributed by atoms with Gasteiger partial charge in [-0.3, -0.25) is 4.79 Å². The Kier molecular flexibility index (Phi) is 7.12. The van der Waals surface area contributed by atoms with Crippen LogP contribution in [-0.2, 0) is 11.2 Å². The van der Waals surface area contributed by atoms with Crippen molar-refractivity contribution in [3.05, 3.63) is 63.6 Å². The van der Waals surface area contributed by atoms with Gasteiger partial charge in [0, 0.05) is 13.5 Å². The maximum atomic E-state index is 12.3. The molecule has 0 radical (unpaired) electrons. The zero-order valence-electron chi connectivity index (χ0n) is 14.2. The summed E-state index contributed by atoms with van der Waals surface area (Å²) < 4.78 is 5.15. The molecule has 0 aliphatic heterocycles. The van der Waals surface area contributed by atoms with Gasteiger partial charge in [0.25, 0.3) is 0 Å². The summed E-state index contributed by atoms with van der Waals surface area (Å²) in [6, 6.07) is 12.5. The average Bonchev–Trinajstić information content (AvgIpc) is 2.62. The number of halogens is 2. The van der Waals surface area contributed by atoms with Gasteiger partial charge in [-0.2, -0.15) is 0 Å². The van der Waals surface area contributed by atoms with E-state index in [1.807, 2.05) is 18.2 Å². The number of carbonyl (C=O) groups is 1. The molecule has 0 heterocycles. The molecule has 1 atom stereocenters. The third-order valence-electron chi connectivity index (χ3n) is 3.96. The van der Waals surface area contributed by atoms with Crippen LogP contribution in [0, 0.1) is 0 Å². The van der Waals surface area contributed by atoms with Crippen LogP contribution in [0.25, 0.3) is 0 Å². The van der Waals surface area contributed by atoms with Crippen LogP contribution in [0.15, 0.2) is 42.5 Å². The second-order valence-corrected chi connectivity index (χ2v) is 6.63.